The highest BCUT2D eigenvalue weighted by Crippen LogP contribution is 2.10. The molecule has 0 N–H and O–H groups in total. The van der Waals surface area contributed by atoms with Crippen LogP contribution in [-0.2, 0) is 9.53 Å². The van der Waals surface area contributed by atoms with Crippen LogP contribution in [0.25, 0.3) is 0 Å². The Balaban J connectivity index is 2.25. The molecule has 0 bridgehead atoms. The van der Waals surface area contributed by atoms with Gasteiger partial charge in [-0.1, -0.05) is 18.2 Å². The number of allylic oxidation sites excluding steroid dienone is 2. The number of rotatable bonds is 3. The van der Waals surface area contributed by atoms with Crippen LogP contribution in [0.3, 0.4) is 0 Å². The van der Waals surface area contributed by atoms with Crippen molar-refractivity contribution in [1.29, 1.82) is 0 Å². The Morgan fingerprint density at radius 3 is 3.17 bits per heavy atom. The van der Waals surface area contributed by atoms with E-state index in [1.165, 1.54) is 0 Å². The number of ketones is 1. The van der Waals surface area contributed by atoms with Crippen molar-refractivity contribution in [2.45, 2.75) is 25.9 Å². The second kappa shape index (κ2) is 4.88. The van der Waals surface area contributed by atoms with Crippen molar-refractivity contribution in [1.82, 2.24) is 0 Å². The topological polar surface area (TPSA) is 26.3 Å². The third-order valence-corrected chi connectivity index (χ3v) is 1.81. The molecule has 0 aromatic rings. The van der Waals surface area contributed by atoms with E-state index in [9.17, 15) is 4.79 Å². The highest BCUT2D eigenvalue weighted by Gasteiger charge is 2.11. The van der Waals surface area contributed by atoms with Crippen molar-refractivity contribution in [3.8, 4) is 0 Å². The zero-order valence-corrected chi connectivity index (χ0v) is 7.32. The summed E-state index contributed by atoms with van der Waals surface area (Å²) in [5.41, 5.74) is 0. The maximum Gasteiger partial charge on any atom is 0.155 e. The van der Waals surface area contributed by atoms with Crippen LogP contribution in [0.1, 0.15) is 19.8 Å². The minimum atomic E-state index is 0.138. The second-order valence-electron chi connectivity index (χ2n) is 2.80. The number of ether oxygens (including phenoxy) is 1. The monoisotopic (exact) mass is 166 g/mol. The van der Waals surface area contributed by atoms with E-state index in [2.05, 4.69) is 0 Å². The predicted molar refractivity (Wildman–Crippen MR) is 47.9 cm³/mol. The van der Waals surface area contributed by atoms with E-state index >= 15 is 0 Å². The molecular weight excluding hydrogens is 152 g/mol. The van der Waals surface area contributed by atoms with Crippen molar-refractivity contribution in [3.63, 3.8) is 0 Å². The maximum atomic E-state index is 10.8. The van der Waals surface area contributed by atoms with Crippen molar-refractivity contribution < 1.29 is 9.53 Å². The molecule has 0 amide bonds. The average molecular weight is 166 g/mol. The fraction of sp³-hybridized carbons (Fsp3) is 0.500. The van der Waals surface area contributed by atoms with Crippen LogP contribution in [-0.4, -0.2) is 18.5 Å². The van der Waals surface area contributed by atoms with Crippen molar-refractivity contribution in [3.05, 3.63) is 24.3 Å². The van der Waals surface area contributed by atoms with Crippen LogP contribution >= 0.6 is 0 Å². The molecule has 66 valence electrons. The Hall–Kier alpha value is -0.890. The lowest BCUT2D eigenvalue weighted by Gasteiger charge is -2.15. The molecule has 0 aromatic carbocycles. The first-order valence-electron chi connectivity index (χ1n) is 4.26. The molecule has 0 radical (unpaired) electrons. The summed E-state index contributed by atoms with van der Waals surface area (Å²) in [6.45, 7) is 2.60. The Morgan fingerprint density at radius 2 is 2.58 bits per heavy atom. The lowest BCUT2D eigenvalue weighted by atomic mass is 10.0. The lowest BCUT2D eigenvalue weighted by Crippen LogP contribution is -2.16. The second-order valence-corrected chi connectivity index (χ2v) is 2.80. The van der Waals surface area contributed by atoms with Crippen LogP contribution in [0.15, 0.2) is 24.3 Å². The highest BCUT2D eigenvalue weighted by atomic mass is 16.5. The first-order chi connectivity index (χ1) is 5.83. The van der Waals surface area contributed by atoms with Gasteiger partial charge < -0.3 is 4.74 Å². The molecular formula is C10H14O2. The zero-order valence-electron chi connectivity index (χ0n) is 7.32. The van der Waals surface area contributed by atoms with Crippen LogP contribution in [0.5, 0.6) is 0 Å². The normalized spacial score (nSPS) is 23.8. The van der Waals surface area contributed by atoms with Crippen molar-refractivity contribution >= 4 is 5.78 Å². The van der Waals surface area contributed by atoms with E-state index < -0.39 is 0 Å². The molecule has 1 rings (SSSR count). The zero-order chi connectivity index (χ0) is 8.81. The van der Waals surface area contributed by atoms with Gasteiger partial charge in [0.05, 0.1) is 12.7 Å². The summed E-state index contributed by atoms with van der Waals surface area (Å²) in [4.78, 5) is 10.8. The quantitative estimate of drug-likeness (QED) is 0.598. The van der Waals surface area contributed by atoms with Gasteiger partial charge in [0.25, 0.3) is 0 Å². The molecule has 1 aliphatic carbocycles. The predicted octanol–water partition coefficient (Wildman–Crippen LogP) is 1.87. The maximum absolute atomic E-state index is 10.8. The summed E-state index contributed by atoms with van der Waals surface area (Å²) in [7, 11) is 0. The molecule has 0 heterocycles. The minimum absolute atomic E-state index is 0.138. The number of carbonyl (C=O) groups excluding carboxylic acids is 1. The molecule has 0 saturated heterocycles. The Kier molecular flexibility index (Phi) is 3.74. The van der Waals surface area contributed by atoms with E-state index in [0.29, 0.717) is 13.0 Å². The molecule has 2 heteroatoms. The minimum Gasteiger partial charge on any atom is -0.370 e. The lowest BCUT2D eigenvalue weighted by molar-refractivity contribution is -0.115. The first-order valence-corrected chi connectivity index (χ1v) is 4.26. The molecule has 0 aromatic heterocycles. The van der Waals surface area contributed by atoms with Gasteiger partial charge in [0.15, 0.2) is 5.78 Å². The van der Waals surface area contributed by atoms with Gasteiger partial charge in [0, 0.05) is 6.42 Å². The van der Waals surface area contributed by atoms with Crippen LogP contribution in [0.2, 0.25) is 0 Å². The van der Waals surface area contributed by atoms with Crippen LogP contribution in [0, 0.1) is 0 Å². The summed E-state index contributed by atoms with van der Waals surface area (Å²) >= 11 is 0. The largest absolute Gasteiger partial charge is 0.370 e. The fourth-order valence-electron chi connectivity index (χ4n) is 1.09. The van der Waals surface area contributed by atoms with Gasteiger partial charge in [-0.05, 0) is 19.4 Å². The summed E-state index contributed by atoms with van der Waals surface area (Å²) in [6, 6.07) is 0. The van der Waals surface area contributed by atoms with E-state index in [1.54, 1.807) is 6.08 Å². The Labute approximate surface area is 72.9 Å². The van der Waals surface area contributed by atoms with Gasteiger partial charge in [-0.25, -0.2) is 0 Å². The van der Waals surface area contributed by atoms with Gasteiger partial charge in [-0.2, -0.15) is 0 Å². The van der Waals surface area contributed by atoms with E-state index in [1.807, 2.05) is 25.2 Å². The molecule has 0 unspecified atom stereocenters. The molecule has 0 fully saturated rings. The van der Waals surface area contributed by atoms with Crippen LogP contribution < -0.4 is 0 Å². The molecule has 12 heavy (non-hydrogen) atoms. The summed E-state index contributed by atoms with van der Waals surface area (Å²) in [5.74, 6) is 0.209. The summed E-state index contributed by atoms with van der Waals surface area (Å²) < 4.78 is 5.45. The summed E-state index contributed by atoms with van der Waals surface area (Å²) in [6.07, 6.45) is 8.96. The van der Waals surface area contributed by atoms with E-state index in [-0.39, 0.29) is 11.9 Å². The first kappa shape index (κ1) is 9.20. The fourth-order valence-corrected chi connectivity index (χ4v) is 1.09. The molecule has 1 atom stereocenters. The standard InChI is InChI=1S/C10H14O2/c1-2-3-8-12-10-6-4-9(11)5-7-10/h2-4,6,10H,5,7-8H2,1H3/b3-2+/t10-/m1/s1. The Morgan fingerprint density at radius 1 is 1.75 bits per heavy atom. The smallest absolute Gasteiger partial charge is 0.155 e. The molecule has 0 aliphatic heterocycles. The molecule has 1 aliphatic rings. The molecule has 0 saturated carbocycles. The number of hydrogen-bond donors (Lipinski definition) is 0. The highest BCUT2D eigenvalue weighted by molar-refractivity contribution is 5.90. The average Bonchev–Trinajstić information content (AvgIpc) is 2.09. The Bertz CT molecular complexity index is 204. The molecule has 2 nitrogen and oxygen atoms in total. The van der Waals surface area contributed by atoms with Gasteiger partial charge in [0.2, 0.25) is 0 Å². The third kappa shape index (κ3) is 3.01. The van der Waals surface area contributed by atoms with Gasteiger partial charge >= 0.3 is 0 Å². The van der Waals surface area contributed by atoms with Crippen molar-refractivity contribution in [2.24, 2.45) is 0 Å². The van der Waals surface area contributed by atoms with Gasteiger partial charge in [0.1, 0.15) is 0 Å². The van der Waals surface area contributed by atoms with Gasteiger partial charge in [-0.15, -0.1) is 0 Å². The third-order valence-electron chi connectivity index (χ3n) is 1.81. The number of hydrogen-bond acceptors (Lipinski definition) is 2. The molecule has 0 spiro atoms. The summed E-state index contributed by atoms with van der Waals surface area (Å²) in [5, 5.41) is 0. The van der Waals surface area contributed by atoms with E-state index in [0.717, 1.165) is 6.42 Å². The van der Waals surface area contributed by atoms with Crippen LogP contribution in [0.4, 0.5) is 0 Å². The number of carbonyl (C=O) groups is 1. The van der Waals surface area contributed by atoms with Gasteiger partial charge in [-0.3, -0.25) is 4.79 Å². The SMILES string of the molecule is C/C=C/CO[C@@H]1C=CC(=O)CC1. The van der Waals surface area contributed by atoms with Crippen molar-refractivity contribution in [2.75, 3.05) is 6.61 Å². The van der Waals surface area contributed by atoms with E-state index in [4.69, 9.17) is 4.74 Å².